The van der Waals surface area contributed by atoms with Crippen molar-refractivity contribution in [1.82, 2.24) is 25.4 Å². The van der Waals surface area contributed by atoms with E-state index in [1.807, 2.05) is 0 Å². The molecule has 1 aliphatic rings. The molecule has 2 heterocycles. The van der Waals surface area contributed by atoms with E-state index in [2.05, 4.69) is 20.7 Å². The number of nitrogens with one attached hydrogen (secondary N) is 2. The highest BCUT2D eigenvalue weighted by atomic mass is 19.1. The molecule has 0 spiro atoms. The van der Waals surface area contributed by atoms with Crippen molar-refractivity contribution in [2.45, 2.75) is 51.9 Å². The van der Waals surface area contributed by atoms with Gasteiger partial charge in [-0.1, -0.05) is 32.9 Å². The molecule has 1 aliphatic heterocycles. The average molecular weight is 548 g/mol. The number of hydrogen-bond acceptors (Lipinski definition) is 5. The van der Waals surface area contributed by atoms with Crippen molar-refractivity contribution in [3.63, 3.8) is 0 Å². The predicted molar refractivity (Wildman–Crippen MR) is 138 cm³/mol. The van der Waals surface area contributed by atoms with Crippen LogP contribution in [-0.2, 0) is 11.3 Å². The molecule has 3 aromatic rings. The lowest BCUT2D eigenvalue weighted by Crippen LogP contribution is -2.54. The zero-order valence-electron chi connectivity index (χ0n) is 22.3. The Hall–Kier alpha value is -3.31. The van der Waals surface area contributed by atoms with Crippen molar-refractivity contribution in [3.8, 4) is 11.4 Å². The molecule has 39 heavy (non-hydrogen) atoms. The SMILES string of the molecule is CC(C)(C)[C@H](c1nc(-c2cc(F)ccc2F)nn1Cc1cccc(F)c1)C(C)(O)C(=O)NC[C@H]1CNC[C@@H]1F. The Morgan fingerprint density at radius 2 is 1.85 bits per heavy atom. The summed E-state index contributed by atoms with van der Waals surface area (Å²) >= 11 is 0. The van der Waals surface area contributed by atoms with Gasteiger partial charge in [0.2, 0.25) is 0 Å². The molecule has 1 aromatic heterocycles. The standard InChI is InChI=1S/C28H33F4N5O2/c1-27(2,3)23(28(4,39)26(38)34-13-17-12-33-14-22(17)32)25-35-24(20-11-19(30)8-9-21(20)31)36-37(25)15-16-6-5-7-18(29)10-16/h5-11,17,22-23,33,39H,12-15H2,1-4H3,(H,34,38)/t17-,22+,23+,28?/m1/s1. The summed E-state index contributed by atoms with van der Waals surface area (Å²) in [7, 11) is 0. The van der Waals surface area contributed by atoms with E-state index in [4.69, 9.17) is 0 Å². The van der Waals surface area contributed by atoms with Gasteiger partial charge in [-0.15, -0.1) is 0 Å². The van der Waals surface area contributed by atoms with Crippen molar-refractivity contribution < 1.29 is 27.5 Å². The minimum Gasteiger partial charge on any atom is -0.380 e. The fourth-order valence-corrected chi connectivity index (χ4v) is 5.19. The number of benzene rings is 2. The molecule has 1 amide bonds. The number of aromatic nitrogens is 3. The molecular formula is C28H33F4N5O2. The first-order valence-corrected chi connectivity index (χ1v) is 12.8. The Kier molecular flexibility index (Phi) is 8.13. The van der Waals surface area contributed by atoms with Gasteiger partial charge in [0.05, 0.1) is 18.0 Å². The first-order valence-electron chi connectivity index (χ1n) is 12.8. The molecule has 4 rings (SSSR count). The normalized spacial score (nSPS) is 20.0. The molecule has 3 N–H and O–H groups in total. The van der Waals surface area contributed by atoms with Crippen molar-refractivity contribution in [2.75, 3.05) is 19.6 Å². The summed E-state index contributed by atoms with van der Waals surface area (Å²) in [4.78, 5) is 17.9. The molecule has 1 fully saturated rings. The van der Waals surface area contributed by atoms with Gasteiger partial charge in [-0.05, 0) is 48.2 Å². The van der Waals surface area contributed by atoms with Crippen LogP contribution in [0, 0.1) is 28.8 Å². The average Bonchev–Trinajstić information content (AvgIpc) is 3.43. The molecule has 0 bridgehead atoms. The van der Waals surface area contributed by atoms with Crippen LogP contribution in [0.5, 0.6) is 0 Å². The largest absolute Gasteiger partial charge is 0.380 e. The lowest BCUT2D eigenvalue weighted by molar-refractivity contribution is -0.144. The number of halogens is 4. The smallest absolute Gasteiger partial charge is 0.252 e. The van der Waals surface area contributed by atoms with E-state index in [0.29, 0.717) is 12.1 Å². The van der Waals surface area contributed by atoms with E-state index < -0.39 is 52.4 Å². The first kappa shape index (κ1) is 28.7. The van der Waals surface area contributed by atoms with Gasteiger partial charge in [0.15, 0.2) is 11.4 Å². The lowest BCUT2D eigenvalue weighted by Gasteiger charge is -2.39. The number of rotatable bonds is 8. The van der Waals surface area contributed by atoms with Crippen molar-refractivity contribution >= 4 is 5.91 Å². The number of nitrogens with zero attached hydrogens (tertiary/aromatic N) is 3. The number of alkyl halides is 1. The Balaban J connectivity index is 1.78. The molecule has 11 heteroatoms. The Bertz CT molecular complexity index is 1340. The number of carbonyl (C=O) groups is 1. The van der Waals surface area contributed by atoms with E-state index in [1.54, 1.807) is 26.8 Å². The Labute approximate surface area is 224 Å². The summed E-state index contributed by atoms with van der Waals surface area (Å²) in [5.74, 6) is -4.14. The van der Waals surface area contributed by atoms with E-state index in [-0.39, 0.29) is 36.8 Å². The van der Waals surface area contributed by atoms with Crippen LogP contribution in [0.2, 0.25) is 0 Å². The first-order chi connectivity index (χ1) is 18.3. The molecule has 210 valence electrons. The maximum atomic E-state index is 14.7. The molecule has 7 nitrogen and oxygen atoms in total. The van der Waals surface area contributed by atoms with Crippen LogP contribution in [0.4, 0.5) is 17.6 Å². The predicted octanol–water partition coefficient (Wildman–Crippen LogP) is 3.97. The second kappa shape index (κ2) is 11.1. The summed E-state index contributed by atoms with van der Waals surface area (Å²) in [6.07, 6.45) is -1.12. The van der Waals surface area contributed by atoms with Crippen LogP contribution in [0.1, 0.15) is 45.0 Å². The van der Waals surface area contributed by atoms with E-state index in [9.17, 15) is 27.5 Å². The Morgan fingerprint density at radius 1 is 1.13 bits per heavy atom. The van der Waals surface area contributed by atoms with Gasteiger partial charge < -0.3 is 15.7 Å². The summed E-state index contributed by atoms with van der Waals surface area (Å²) in [6.45, 7) is 7.32. The highest BCUT2D eigenvalue weighted by Gasteiger charge is 2.49. The van der Waals surface area contributed by atoms with Crippen molar-refractivity contribution in [1.29, 1.82) is 0 Å². The van der Waals surface area contributed by atoms with Gasteiger partial charge in [-0.3, -0.25) is 4.79 Å². The highest BCUT2D eigenvalue weighted by Crippen LogP contribution is 2.43. The number of aliphatic hydroxyl groups is 1. The van der Waals surface area contributed by atoms with Crippen LogP contribution < -0.4 is 10.6 Å². The van der Waals surface area contributed by atoms with Gasteiger partial charge in [0, 0.05) is 25.6 Å². The quantitative estimate of drug-likeness (QED) is 0.372. The number of amides is 1. The van der Waals surface area contributed by atoms with Crippen LogP contribution in [0.25, 0.3) is 11.4 Å². The Morgan fingerprint density at radius 3 is 2.49 bits per heavy atom. The van der Waals surface area contributed by atoms with E-state index >= 15 is 0 Å². The minimum atomic E-state index is -2.07. The van der Waals surface area contributed by atoms with Gasteiger partial charge >= 0.3 is 0 Å². The van der Waals surface area contributed by atoms with Crippen LogP contribution in [0.3, 0.4) is 0 Å². The second-order valence-corrected chi connectivity index (χ2v) is 11.3. The van der Waals surface area contributed by atoms with E-state index in [1.165, 1.54) is 29.8 Å². The van der Waals surface area contributed by atoms with Crippen LogP contribution >= 0.6 is 0 Å². The molecular weight excluding hydrogens is 514 g/mol. The van der Waals surface area contributed by atoms with E-state index in [0.717, 1.165) is 18.2 Å². The van der Waals surface area contributed by atoms with Crippen molar-refractivity contribution in [2.24, 2.45) is 11.3 Å². The van der Waals surface area contributed by atoms with Gasteiger partial charge in [-0.2, -0.15) is 5.10 Å². The molecule has 0 saturated carbocycles. The van der Waals surface area contributed by atoms with Crippen molar-refractivity contribution in [3.05, 3.63) is 71.3 Å². The van der Waals surface area contributed by atoms with Crippen LogP contribution in [0.15, 0.2) is 42.5 Å². The monoisotopic (exact) mass is 547 g/mol. The maximum Gasteiger partial charge on any atom is 0.252 e. The third kappa shape index (κ3) is 6.30. The summed E-state index contributed by atoms with van der Waals surface area (Å²) in [5.41, 5.74) is -2.57. The topological polar surface area (TPSA) is 92.1 Å². The summed E-state index contributed by atoms with van der Waals surface area (Å²) < 4.78 is 58.1. The molecule has 1 saturated heterocycles. The third-order valence-electron chi connectivity index (χ3n) is 7.02. The molecule has 0 aliphatic carbocycles. The number of carbonyl (C=O) groups excluding carboxylic acids is 1. The highest BCUT2D eigenvalue weighted by molar-refractivity contribution is 5.85. The minimum absolute atomic E-state index is 0.0153. The molecule has 1 unspecified atom stereocenters. The fourth-order valence-electron chi connectivity index (χ4n) is 5.19. The molecule has 2 aromatic carbocycles. The summed E-state index contributed by atoms with van der Waals surface area (Å²) in [6, 6.07) is 8.66. The zero-order valence-corrected chi connectivity index (χ0v) is 22.3. The molecule has 4 atom stereocenters. The number of hydrogen-bond donors (Lipinski definition) is 3. The molecule has 0 radical (unpaired) electrons. The van der Waals surface area contributed by atoms with Gasteiger partial charge in [-0.25, -0.2) is 27.2 Å². The lowest BCUT2D eigenvalue weighted by atomic mass is 9.70. The second-order valence-electron chi connectivity index (χ2n) is 11.3. The van der Waals surface area contributed by atoms with Gasteiger partial charge in [0.1, 0.15) is 29.4 Å². The van der Waals surface area contributed by atoms with Crippen LogP contribution in [-0.4, -0.2) is 57.2 Å². The maximum absolute atomic E-state index is 14.7. The third-order valence-corrected chi connectivity index (χ3v) is 7.02. The summed E-state index contributed by atoms with van der Waals surface area (Å²) in [5, 5.41) is 21.7. The fraction of sp³-hybridized carbons (Fsp3) is 0.464. The zero-order chi connectivity index (χ0) is 28.5. The van der Waals surface area contributed by atoms with Gasteiger partial charge in [0.25, 0.3) is 5.91 Å².